The van der Waals surface area contributed by atoms with Crippen LogP contribution in [0.5, 0.6) is 0 Å². The number of aryl methyl sites for hydroxylation is 2. The van der Waals surface area contributed by atoms with Crippen LogP contribution in [0.25, 0.3) is 22.7 Å². The van der Waals surface area contributed by atoms with E-state index >= 15 is 0 Å². The fourth-order valence-corrected chi connectivity index (χ4v) is 9.44. The van der Waals surface area contributed by atoms with Crippen LogP contribution in [0.3, 0.4) is 0 Å². The third kappa shape index (κ3) is 12.8. The molecule has 3 amide bonds. The van der Waals surface area contributed by atoms with Gasteiger partial charge < -0.3 is 48.4 Å². The van der Waals surface area contributed by atoms with Crippen LogP contribution in [-0.4, -0.2) is 157 Å². The van der Waals surface area contributed by atoms with Gasteiger partial charge in [-0.25, -0.2) is 19.0 Å². The molecule has 22 nitrogen and oxygen atoms in total. The molecule has 0 aliphatic carbocycles. The molecule has 2 saturated heterocycles. The highest BCUT2D eigenvalue weighted by Gasteiger charge is 2.36. The first-order valence-corrected chi connectivity index (χ1v) is 26.0. The summed E-state index contributed by atoms with van der Waals surface area (Å²) in [6.45, 7) is 20.8. The fourth-order valence-electron chi connectivity index (χ4n) is 9.44. The van der Waals surface area contributed by atoms with Gasteiger partial charge in [0.2, 0.25) is 11.7 Å². The Hall–Kier alpha value is -7.35. The molecule has 0 saturated carbocycles. The number of aromatic amines is 1. The number of aromatic nitrogens is 8. The molecule has 0 atom stereocenters. The van der Waals surface area contributed by atoms with Gasteiger partial charge in [0.05, 0.1) is 43.4 Å². The van der Waals surface area contributed by atoms with Crippen LogP contribution >= 0.6 is 0 Å². The molecular formula is C52H67F4N13O9. The summed E-state index contributed by atoms with van der Waals surface area (Å²) in [6, 6.07) is 1.28. The van der Waals surface area contributed by atoms with Crippen LogP contribution in [0.2, 0.25) is 0 Å². The van der Waals surface area contributed by atoms with Crippen LogP contribution < -0.4 is 26.2 Å². The number of anilines is 3. The molecule has 5 aromatic rings. The standard InChI is InChI=1S/C31H37F4N7O5.C21H30N6O4/c1-6-23-25(39-9-11-40(12-10-39)29(45)47-30(3,4)5)27(44)42-28(37-26(38-42)19-7-13-46-14-8-19)41(23)17-24(43)36-22-16-21(32)20(15-18(22)2)31(33,34)35;1-5-15-16(25-8-10-26(11-9-25)20(29)31-21(2,3)4)18(28)27-19(22-15)23-17(24-27)14-6-12-30-13-7-14/h7,15-16H,6,8-14,17H2,1-5H3,(H,36,43);6H,5,7-13H2,1-4H3,(H,22,23,24). The average Bonchev–Trinajstić information content (AvgIpc) is 4.13. The third-order valence-electron chi connectivity index (χ3n) is 13.2. The Morgan fingerprint density at radius 1 is 0.744 bits per heavy atom. The number of carbonyl (C=O) groups is 3. The maximum Gasteiger partial charge on any atom is 0.419 e. The zero-order valence-electron chi connectivity index (χ0n) is 45.4. The molecular weight excluding hydrogens is 1030 g/mol. The Morgan fingerprint density at radius 3 is 1.82 bits per heavy atom. The number of rotatable bonds is 9. The first-order chi connectivity index (χ1) is 36.8. The number of carbonyl (C=O) groups excluding carboxylic acids is 3. The van der Waals surface area contributed by atoms with E-state index in [0.29, 0.717) is 126 Å². The highest BCUT2D eigenvalue weighted by atomic mass is 19.4. The molecule has 2 N–H and O–H groups in total. The highest BCUT2D eigenvalue weighted by molar-refractivity contribution is 5.92. The molecule has 0 unspecified atom stereocenters. The number of alkyl halides is 3. The molecule has 0 spiro atoms. The van der Waals surface area contributed by atoms with Crippen LogP contribution in [-0.2, 0) is 49.3 Å². The van der Waals surface area contributed by atoms with Gasteiger partial charge in [-0.1, -0.05) is 26.0 Å². The van der Waals surface area contributed by atoms with Crippen molar-refractivity contribution in [2.75, 3.05) is 93.9 Å². The molecule has 4 aliphatic rings. The van der Waals surface area contributed by atoms with Crippen LogP contribution in [0.1, 0.15) is 102 Å². The Labute approximate surface area is 447 Å². The predicted octanol–water partition coefficient (Wildman–Crippen LogP) is 6.26. The summed E-state index contributed by atoms with van der Waals surface area (Å²) in [5.74, 6) is -0.770. The zero-order chi connectivity index (χ0) is 56.4. The number of nitrogens with zero attached hydrogens (tertiary/aromatic N) is 11. The molecule has 422 valence electrons. The van der Waals surface area contributed by atoms with E-state index in [4.69, 9.17) is 18.9 Å². The van der Waals surface area contributed by atoms with Gasteiger partial charge in [0, 0.05) is 58.0 Å². The SMILES string of the molecule is CCc1c(N2CCN(C(=O)OC(C)(C)C)CC2)c(=O)n2nc(C3=CCOCC3)nc2n1CC(=O)Nc1cc(F)c(C(F)(F)F)cc1C.CCc1nc2nc(C3=CCOCC3)[nH]n2c(=O)c1N1CCN(C(=O)OC(C)(C)C)CC1. The topological polar surface area (TPSA) is 228 Å². The molecule has 8 heterocycles. The van der Waals surface area contributed by atoms with E-state index in [1.807, 2.05) is 56.6 Å². The number of H-pyrrole nitrogens is 1. The van der Waals surface area contributed by atoms with Gasteiger partial charge in [-0.05, 0) is 103 Å². The van der Waals surface area contributed by atoms with Crippen LogP contribution in [0.15, 0.2) is 33.9 Å². The summed E-state index contributed by atoms with van der Waals surface area (Å²) in [6.07, 6.45) is 0.297. The smallest absolute Gasteiger partial charge is 0.419 e. The van der Waals surface area contributed by atoms with Gasteiger partial charge in [0.15, 0.2) is 11.6 Å². The Morgan fingerprint density at radius 2 is 1.31 bits per heavy atom. The second kappa shape index (κ2) is 22.9. The number of piperazine rings is 2. The number of fused-ring (bicyclic) bond motifs is 2. The number of nitrogens with one attached hydrogen (secondary N) is 2. The van der Waals surface area contributed by atoms with Gasteiger partial charge in [0.1, 0.15) is 34.9 Å². The van der Waals surface area contributed by atoms with E-state index in [1.165, 1.54) is 11.4 Å². The summed E-state index contributed by atoms with van der Waals surface area (Å²) < 4.78 is 79.8. The average molecular weight is 1090 g/mol. The molecule has 4 aromatic heterocycles. The second-order valence-electron chi connectivity index (χ2n) is 21.2. The number of benzene rings is 1. The molecule has 0 radical (unpaired) electrons. The molecule has 9 rings (SSSR count). The van der Waals surface area contributed by atoms with Crippen molar-refractivity contribution in [2.24, 2.45) is 0 Å². The summed E-state index contributed by atoms with van der Waals surface area (Å²) in [5.41, 5.74) is 0.491. The number of ether oxygens (including phenoxy) is 4. The maximum absolute atomic E-state index is 14.4. The summed E-state index contributed by atoms with van der Waals surface area (Å²) in [5, 5.41) is 10.1. The normalized spacial score (nSPS) is 16.7. The van der Waals surface area contributed by atoms with Gasteiger partial charge in [0.25, 0.3) is 16.9 Å². The minimum absolute atomic E-state index is 0.0209. The van der Waals surface area contributed by atoms with Crippen molar-refractivity contribution in [3.8, 4) is 0 Å². The highest BCUT2D eigenvalue weighted by Crippen LogP contribution is 2.34. The van der Waals surface area contributed by atoms with Crippen molar-refractivity contribution in [1.82, 2.24) is 48.5 Å². The van der Waals surface area contributed by atoms with E-state index in [1.54, 1.807) is 35.1 Å². The molecule has 4 aliphatic heterocycles. The maximum atomic E-state index is 14.4. The lowest BCUT2D eigenvalue weighted by Gasteiger charge is -2.37. The minimum Gasteiger partial charge on any atom is -0.444 e. The Bertz CT molecular complexity index is 3260. The summed E-state index contributed by atoms with van der Waals surface area (Å²) in [4.78, 5) is 86.8. The van der Waals surface area contributed by atoms with Crippen molar-refractivity contribution >= 4 is 57.9 Å². The van der Waals surface area contributed by atoms with Crippen molar-refractivity contribution < 1.29 is 50.9 Å². The van der Waals surface area contributed by atoms with E-state index in [2.05, 4.69) is 30.5 Å². The fraction of sp³-hybridized carbons (Fsp3) is 0.558. The van der Waals surface area contributed by atoms with Gasteiger partial charge in [-0.3, -0.25) is 19.5 Å². The number of hydrogen-bond acceptors (Lipinski definition) is 15. The van der Waals surface area contributed by atoms with Crippen LogP contribution in [0.4, 0.5) is 44.2 Å². The van der Waals surface area contributed by atoms with E-state index in [0.717, 1.165) is 27.8 Å². The van der Waals surface area contributed by atoms with Gasteiger partial charge >= 0.3 is 18.4 Å². The molecule has 26 heteroatoms. The zero-order valence-corrected chi connectivity index (χ0v) is 45.4. The number of halogens is 4. The summed E-state index contributed by atoms with van der Waals surface area (Å²) in [7, 11) is 0. The van der Waals surface area contributed by atoms with E-state index in [9.17, 15) is 41.5 Å². The van der Waals surface area contributed by atoms with Crippen molar-refractivity contribution in [2.45, 2.75) is 112 Å². The number of hydrogen-bond donors (Lipinski definition) is 2. The first kappa shape index (κ1) is 56.8. The monoisotopic (exact) mass is 1090 g/mol. The van der Waals surface area contributed by atoms with E-state index in [-0.39, 0.29) is 47.5 Å². The first-order valence-electron chi connectivity index (χ1n) is 26.0. The summed E-state index contributed by atoms with van der Waals surface area (Å²) >= 11 is 0. The predicted molar refractivity (Wildman–Crippen MR) is 281 cm³/mol. The Kier molecular flexibility index (Phi) is 16.7. The third-order valence-corrected chi connectivity index (χ3v) is 13.2. The largest absolute Gasteiger partial charge is 0.444 e. The molecule has 1 aromatic carbocycles. The van der Waals surface area contributed by atoms with Crippen molar-refractivity contribution in [1.29, 1.82) is 0 Å². The Balaban J connectivity index is 0.000000224. The minimum atomic E-state index is -4.89. The quantitative estimate of drug-likeness (QED) is 0.155. The second-order valence-corrected chi connectivity index (χ2v) is 21.2. The van der Waals surface area contributed by atoms with Crippen molar-refractivity contribution in [3.63, 3.8) is 0 Å². The van der Waals surface area contributed by atoms with E-state index < -0.39 is 52.9 Å². The molecule has 2 fully saturated rings. The molecule has 78 heavy (non-hydrogen) atoms. The van der Waals surface area contributed by atoms with Crippen molar-refractivity contribution in [3.05, 3.63) is 85.0 Å². The van der Waals surface area contributed by atoms with Gasteiger partial charge in [-0.15, -0.1) is 5.10 Å². The lowest BCUT2D eigenvalue weighted by Crippen LogP contribution is -2.51. The molecule has 0 bridgehead atoms. The lowest BCUT2D eigenvalue weighted by atomic mass is 10.1. The lowest BCUT2D eigenvalue weighted by molar-refractivity contribution is -0.140. The van der Waals surface area contributed by atoms with Gasteiger partial charge in [-0.2, -0.15) is 32.2 Å². The number of amides is 3. The van der Waals surface area contributed by atoms with Crippen LogP contribution in [0, 0.1) is 12.7 Å².